The molecule has 1 aliphatic heterocycles. The van der Waals surface area contributed by atoms with Gasteiger partial charge >= 0.3 is 0 Å². The Bertz CT molecular complexity index is 496. The topological polar surface area (TPSA) is 38.7 Å². The van der Waals surface area contributed by atoms with Gasteiger partial charge in [-0.15, -0.1) is 0 Å². The zero-order valence-electron chi connectivity index (χ0n) is 9.99. The van der Waals surface area contributed by atoms with Crippen LogP contribution in [0.15, 0.2) is 28.3 Å². The molecule has 0 radical (unpaired) electrons. The van der Waals surface area contributed by atoms with Gasteiger partial charge in [0.25, 0.3) is 0 Å². The van der Waals surface area contributed by atoms with E-state index in [2.05, 4.69) is 22.0 Å². The first kappa shape index (κ1) is 12.1. The van der Waals surface area contributed by atoms with Crippen LogP contribution < -0.4 is 9.47 Å². The van der Waals surface area contributed by atoms with Crippen molar-refractivity contribution in [1.82, 2.24) is 0 Å². The van der Waals surface area contributed by atoms with E-state index in [-0.39, 0.29) is 6.79 Å². The number of allylic oxidation sites excluding steroid dienone is 1. The van der Waals surface area contributed by atoms with Crippen LogP contribution in [-0.2, 0) is 0 Å². The average Bonchev–Trinajstić information content (AvgIpc) is 2.88. The average molecular weight is 311 g/mol. The molecule has 3 nitrogen and oxygen atoms in total. The molecule has 96 valence electrons. The number of aliphatic hydroxyl groups excluding tert-OH is 1. The van der Waals surface area contributed by atoms with E-state index < -0.39 is 6.10 Å². The highest BCUT2D eigenvalue weighted by Gasteiger charge is 2.22. The van der Waals surface area contributed by atoms with Gasteiger partial charge in [0.1, 0.15) is 6.10 Å². The van der Waals surface area contributed by atoms with Crippen LogP contribution in [0.25, 0.3) is 0 Å². The van der Waals surface area contributed by atoms with E-state index in [0.717, 1.165) is 40.6 Å². The van der Waals surface area contributed by atoms with E-state index >= 15 is 0 Å². The van der Waals surface area contributed by atoms with Crippen molar-refractivity contribution >= 4 is 15.9 Å². The largest absolute Gasteiger partial charge is 0.454 e. The van der Waals surface area contributed by atoms with Crippen molar-refractivity contribution < 1.29 is 14.6 Å². The SMILES string of the molecule is OC(C1=CCCCC1)c1cc(Br)c2c(c1)OCO2. The van der Waals surface area contributed by atoms with Gasteiger partial charge in [-0.3, -0.25) is 0 Å². The molecule has 0 bridgehead atoms. The third-order valence-electron chi connectivity index (χ3n) is 3.44. The fourth-order valence-corrected chi connectivity index (χ4v) is 3.04. The second kappa shape index (κ2) is 4.94. The van der Waals surface area contributed by atoms with Crippen LogP contribution in [0.3, 0.4) is 0 Å². The first-order valence-corrected chi connectivity index (χ1v) is 7.01. The number of fused-ring (bicyclic) bond motifs is 1. The Morgan fingerprint density at radius 1 is 1.22 bits per heavy atom. The van der Waals surface area contributed by atoms with E-state index in [0.29, 0.717) is 5.75 Å². The summed E-state index contributed by atoms with van der Waals surface area (Å²) in [5, 5.41) is 10.4. The number of hydrogen-bond donors (Lipinski definition) is 1. The smallest absolute Gasteiger partial charge is 0.231 e. The molecule has 2 aliphatic rings. The summed E-state index contributed by atoms with van der Waals surface area (Å²) in [6.45, 7) is 0.246. The lowest BCUT2D eigenvalue weighted by atomic mass is 9.92. The molecule has 4 heteroatoms. The quantitative estimate of drug-likeness (QED) is 0.846. The first-order valence-electron chi connectivity index (χ1n) is 6.22. The first-order chi connectivity index (χ1) is 8.75. The maximum absolute atomic E-state index is 10.4. The molecule has 0 saturated carbocycles. The molecule has 1 heterocycles. The van der Waals surface area contributed by atoms with Crippen LogP contribution in [0.2, 0.25) is 0 Å². The van der Waals surface area contributed by atoms with E-state index in [9.17, 15) is 5.11 Å². The van der Waals surface area contributed by atoms with Gasteiger partial charge in [-0.25, -0.2) is 0 Å². The molecule has 0 amide bonds. The molecule has 1 aromatic rings. The molecule has 0 aromatic heterocycles. The zero-order valence-corrected chi connectivity index (χ0v) is 11.6. The van der Waals surface area contributed by atoms with Gasteiger partial charge in [0, 0.05) is 0 Å². The van der Waals surface area contributed by atoms with Crippen molar-refractivity contribution in [2.75, 3.05) is 6.79 Å². The highest BCUT2D eigenvalue weighted by Crippen LogP contribution is 2.42. The Labute approximate surface area is 115 Å². The van der Waals surface area contributed by atoms with Crippen LogP contribution in [0, 0.1) is 0 Å². The van der Waals surface area contributed by atoms with Gasteiger partial charge in [0.2, 0.25) is 6.79 Å². The monoisotopic (exact) mass is 310 g/mol. The van der Waals surface area contributed by atoms with E-state index in [1.807, 2.05) is 12.1 Å². The molecule has 0 fully saturated rings. The Morgan fingerprint density at radius 2 is 2.11 bits per heavy atom. The van der Waals surface area contributed by atoms with Crippen molar-refractivity contribution in [1.29, 1.82) is 0 Å². The van der Waals surface area contributed by atoms with Gasteiger partial charge in [-0.2, -0.15) is 0 Å². The summed E-state index contributed by atoms with van der Waals surface area (Å²) in [7, 11) is 0. The summed E-state index contributed by atoms with van der Waals surface area (Å²) >= 11 is 3.45. The third-order valence-corrected chi connectivity index (χ3v) is 4.03. The van der Waals surface area contributed by atoms with Crippen LogP contribution in [0.4, 0.5) is 0 Å². The number of halogens is 1. The molecule has 0 saturated heterocycles. The molecule has 3 rings (SSSR count). The summed E-state index contributed by atoms with van der Waals surface area (Å²) in [4.78, 5) is 0. The van der Waals surface area contributed by atoms with Crippen LogP contribution in [0.1, 0.15) is 37.4 Å². The molecule has 1 atom stereocenters. The molecular formula is C14H15BrO3. The van der Waals surface area contributed by atoms with E-state index in [4.69, 9.17) is 9.47 Å². The minimum absolute atomic E-state index is 0.246. The van der Waals surface area contributed by atoms with Gasteiger partial charge in [-0.1, -0.05) is 6.08 Å². The zero-order chi connectivity index (χ0) is 12.5. The Kier molecular flexibility index (Phi) is 3.31. The summed E-state index contributed by atoms with van der Waals surface area (Å²) in [6.07, 6.45) is 6.06. The predicted octanol–water partition coefficient (Wildman–Crippen LogP) is 3.71. The van der Waals surface area contributed by atoms with Gasteiger partial charge < -0.3 is 14.6 Å². The summed E-state index contributed by atoms with van der Waals surface area (Å²) < 4.78 is 11.6. The minimum atomic E-state index is -0.531. The second-order valence-electron chi connectivity index (χ2n) is 4.66. The van der Waals surface area contributed by atoms with Crippen molar-refractivity contribution in [3.63, 3.8) is 0 Å². The van der Waals surface area contributed by atoms with Crippen molar-refractivity contribution in [2.45, 2.75) is 31.8 Å². The number of hydrogen-bond acceptors (Lipinski definition) is 3. The van der Waals surface area contributed by atoms with Gasteiger partial charge in [0.05, 0.1) is 4.47 Å². The van der Waals surface area contributed by atoms with E-state index in [1.165, 1.54) is 6.42 Å². The number of benzene rings is 1. The molecule has 1 aromatic carbocycles. The molecule has 1 N–H and O–H groups in total. The Hall–Kier alpha value is -1.00. The van der Waals surface area contributed by atoms with Crippen molar-refractivity contribution in [2.24, 2.45) is 0 Å². The van der Waals surface area contributed by atoms with Crippen molar-refractivity contribution in [3.8, 4) is 11.5 Å². The second-order valence-corrected chi connectivity index (χ2v) is 5.52. The lowest BCUT2D eigenvalue weighted by Gasteiger charge is -2.19. The lowest BCUT2D eigenvalue weighted by Crippen LogP contribution is -2.05. The maximum Gasteiger partial charge on any atom is 0.231 e. The predicted molar refractivity (Wildman–Crippen MR) is 71.8 cm³/mol. The fourth-order valence-electron chi connectivity index (χ4n) is 2.47. The van der Waals surface area contributed by atoms with Crippen LogP contribution >= 0.6 is 15.9 Å². The standard InChI is InChI=1S/C14H15BrO3/c15-11-6-10(7-12-14(11)18-8-17-12)13(16)9-4-2-1-3-5-9/h4,6-7,13,16H,1-3,5,8H2. The molecular weight excluding hydrogens is 296 g/mol. The molecule has 1 aliphatic carbocycles. The molecule has 0 spiro atoms. The lowest BCUT2D eigenvalue weighted by molar-refractivity contribution is 0.173. The normalized spacial score (nSPS) is 19.6. The molecule has 1 unspecified atom stereocenters. The summed E-state index contributed by atoms with van der Waals surface area (Å²) in [5.74, 6) is 1.43. The number of ether oxygens (including phenoxy) is 2. The van der Waals surface area contributed by atoms with Crippen LogP contribution in [0.5, 0.6) is 11.5 Å². The minimum Gasteiger partial charge on any atom is -0.454 e. The number of rotatable bonds is 2. The highest BCUT2D eigenvalue weighted by molar-refractivity contribution is 9.10. The fraction of sp³-hybridized carbons (Fsp3) is 0.429. The van der Waals surface area contributed by atoms with E-state index in [1.54, 1.807) is 0 Å². The van der Waals surface area contributed by atoms with Crippen LogP contribution in [-0.4, -0.2) is 11.9 Å². The summed E-state index contributed by atoms with van der Waals surface area (Å²) in [5.41, 5.74) is 1.98. The molecule has 18 heavy (non-hydrogen) atoms. The summed E-state index contributed by atoms with van der Waals surface area (Å²) in [6, 6.07) is 3.78. The Balaban J connectivity index is 1.92. The highest BCUT2D eigenvalue weighted by atomic mass is 79.9. The number of aliphatic hydroxyl groups is 1. The third kappa shape index (κ3) is 2.15. The maximum atomic E-state index is 10.4. The van der Waals surface area contributed by atoms with Crippen molar-refractivity contribution in [3.05, 3.63) is 33.8 Å². The van der Waals surface area contributed by atoms with Gasteiger partial charge in [-0.05, 0) is 64.9 Å². The Morgan fingerprint density at radius 3 is 2.89 bits per heavy atom. The van der Waals surface area contributed by atoms with Gasteiger partial charge in [0.15, 0.2) is 11.5 Å².